The molecule has 0 fully saturated rings. The molecule has 0 atom stereocenters. The second-order valence-corrected chi connectivity index (χ2v) is 3.39. The van der Waals surface area contributed by atoms with Crippen molar-refractivity contribution in [2.75, 3.05) is 0 Å². The highest BCUT2D eigenvalue weighted by Crippen LogP contribution is 2.19. The van der Waals surface area contributed by atoms with E-state index >= 15 is 0 Å². The van der Waals surface area contributed by atoms with Gasteiger partial charge in [0, 0.05) is 0 Å². The molecule has 0 aromatic heterocycles. The fourth-order valence-corrected chi connectivity index (χ4v) is 1.20. The molecule has 0 bridgehead atoms. The van der Waals surface area contributed by atoms with Crippen molar-refractivity contribution in [2.45, 2.75) is 13.8 Å². The van der Waals surface area contributed by atoms with Gasteiger partial charge in [0.15, 0.2) is 0 Å². The van der Waals surface area contributed by atoms with E-state index in [1.165, 1.54) is 0 Å². The highest BCUT2D eigenvalue weighted by atomic mass is 14.0. The smallest absolute Gasteiger partial charge is 0.0587 e. The van der Waals surface area contributed by atoms with Crippen molar-refractivity contribution in [1.29, 1.82) is 0 Å². The van der Waals surface area contributed by atoms with Gasteiger partial charge in [-0.15, -0.1) is 0 Å². The van der Waals surface area contributed by atoms with Gasteiger partial charge in [-0.25, -0.2) is 0 Å². The van der Waals surface area contributed by atoms with Gasteiger partial charge in [-0.2, -0.15) is 0 Å². The molecule has 0 radical (unpaired) electrons. The fourth-order valence-electron chi connectivity index (χ4n) is 1.20. The van der Waals surface area contributed by atoms with Crippen LogP contribution in [0.3, 0.4) is 0 Å². The first-order valence-electron chi connectivity index (χ1n) is 6.56. The van der Waals surface area contributed by atoms with Crippen LogP contribution in [0.2, 0.25) is 0 Å². The van der Waals surface area contributed by atoms with E-state index in [2.05, 4.69) is 0 Å². The Bertz CT molecular complexity index is 516. The van der Waals surface area contributed by atoms with Crippen molar-refractivity contribution in [3.8, 4) is 11.1 Å². The monoisotopic (exact) mass is 186 g/mol. The summed E-state index contributed by atoms with van der Waals surface area (Å²) < 4.78 is 31.8. The summed E-state index contributed by atoms with van der Waals surface area (Å²) in [4.78, 5) is 0. The second-order valence-electron chi connectivity index (χ2n) is 3.39. The summed E-state index contributed by atoms with van der Waals surface area (Å²) in [7, 11) is 0. The van der Waals surface area contributed by atoms with Crippen LogP contribution in [0.5, 0.6) is 0 Å². The number of rotatable bonds is 1. The third-order valence-corrected chi connectivity index (χ3v) is 2.03. The normalized spacial score (nSPS) is 14.1. The van der Waals surface area contributed by atoms with Crippen LogP contribution in [0.25, 0.3) is 11.1 Å². The molecule has 0 saturated heterocycles. The van der Waals surface area contributed by atoms with Crippen LogP contribution >= 0.6 is 0 Å². The van der Waals surface area contributed by atoms with Crippen molar-refractivity contribution in [3.05, 3.63) is 59.6 Å². The van der Waals surface area contributed by atoms with Crippen molar-refractivity contribution < 1.29 is 5.48 Å². The molecule has 0 heteroatoms. The third-order valence-electron chi connectivity index (χ3n) is 2.03. The predicted octanol–water partition coefficient (Wildman–Crippen LogP) is 3.97. The molecule has 14 heavy (non-hydrogen) atoms. The summed E-state index contributed by atoms with van der Waals surface area (Å²) in [6.07, 6.45) is 0. The summed E-state index contributed by atoms with van der Waals surface area (Å²) in [5, 5.41) is 0. The van der Waals surface area contributed by atoms with E-state index in [9.17, 15) is 0 Å². The molecule has 2 aromatic carbocycles. The van der Waals surface area contributed by atoms with E-state index < -0.39 is 0 Å². The first-order valence-corrected chi connectivity index (χ1v) is 4.56. The molecule has 70 valence electrons. The minimum atomic E-state index is 0.200. The van der Waals surface area contributed by atoms with Gasteiger partial charge in [0.25, 0.3) is 0 Å². The largest absolute Gasteiger partial charge is 0.0629 e. The van der Waals surface area contributed by atoms with Gasteiger partial charge in [-0.05, 0) is 25.0 Å². The van der Waals surface area contributed by atoms with Crippen LogP contribution in [0.15, 0.2) is 48.4 Å². The van der Waals surface area contributed by atoms with Crippen LogP contribution in [-0.2, 0) is 0 Å². The predicted molar refractivity (Wildman–Crippen MR) is 61.4 cm³/mol. The van der Waals surface area contributed by atoms with E-state index in [4.69, 9.17) is 5.48 Å². The van der Waals surface area contributed by atoms with E-state index in [1.807, 2.05) is 13.8 Å². The Balaban J connectivity index is 2.78. The lowest BCUT2D eigenvalue weighted by molar-refractivity contribution is 1.45. The average Bonchev–Trinajstić information content (AvgIpc) is 2.20. The summed E-state index contributed by atoms with van der Waals surface area (Å²) in [6.45, 7) is 3.66. The molecule has 0 heterocycles. The maximum atomic E-state index is 7.95. The lowest BCUT2D eigenvalue weighted by atomic mass is 10.0. The standard InChI is InChI=1S/C14H14/c1-11-3-7-13(8-4-11)14-9-5-12(2)6-10-14/h3-10H,1-2H3/i7D,8D,9D,10D. The van der Waals surface area contributed by atoms with Crippen LogP contribution < -0.4 is 0 Å². The van der Waals surface area contributed by atoms with E-state index in [-0.39, 0.29) is 24.2 Å². The van der Waals surface area contributed by atoms with Gasteiger partial charge >= 0.3 is 0 Å². The topological polar surface area (TPSA) is 0 Å². The van der Waals surface area contributed by atoms with Crippen molar-refractivity contribution in [3.63, 3.8) is 0 Å². The van der Waals surface area contributed by atoms with Crippen molar-refractivity contribution in [1.82, 2.24) is 0 Å². The van der Waals surface area contributed by atoms with E-state index in [0.717, 1.165) is 11.1 Å². The Hall–Kier alpha value is -1.56. The third kappa shape index (κ3) is 1.85. The van der Waals surface area contributed by atoms with Gasteiger partial charge in [-0.3, -0.25) is 0 Å². The molecule has 0 aliphatic heterocycles. The highest BCUT2D eigenvalue weighted by molar-refractivity contribution is 5.63. The van der Waals surface area contributed by atoms with Gasteiger partial charge in [0.2, 0.25) is 0 Å². The maximum absolute atomic E-state index is 7.95. The second kappa shape index (κ2) is 3.67. The van der Waals surface area contributed by atoms with Gasteiger partial charge in [0.05, 0.1) is 5.48 Å². The average molecular weight is 186 g/mol. The zero-order valence-electron chi connectivity index (χ0n) is 12.3. The molecule has 0 N–H and O–H groups in total. The zero-order chi connectivity index (χ0) is 13.4. The molecule has 0 nitrogen and oxygen atoms in total. The van der Waals surface area contributed by atoms with Gasteiger partial charge < -0.3 is 0 Å². The Labute approximate surface area is 90.8 Å². The van der Waals surface area contributed by atoms with Crippen LogP contribution in [-0.4, -0.2) is 0 Å². The fraction of sp³-hybridized carbons (Fsp3) is 0.143. The summed E-state index contributed by atoms with van der Waals surface area (Å²) in [5.41, 5.74) is 2.43. The van der Waals surface area contributed by atoms with Gasteiger partial charge in [0.1, 0.15) is 0 Å². The Morgan fingerprint density at radius 3 is 1.29 bits per heavy atom. The molecule has 0 spiro atoms. The number of hydrogen-bond donors (Lipinski definition) is 0. The van der Waals surface area contributed by atoms with Crippen LogP contribution in [0.4, 0.5) is 0 Å². The quantitative estimate of drug-likeness (QED) is 0.632. The molecule has 0 aliphatic carbocycles. The number of benzene rings is 2. The Kier molecular flexibility index (Phi) is 1.40. The van der Waals surface area contributed by atoms with Gasteiger partial charge in [-0.1, -0.05) is 59.6 Å². The molecule has 0 amide bonds. The SMILES string of the molecule is [2H]c1cc(C)cc([2H])c1-c1c([2H])cc(C)cc1[2H]. The maximum Gasteiger partial charge on any atom is 0.0629 e. The van der Waals surface area contributed by atoms with Crippen molar-refractivity contribution in [2.24, 2.45) is 0 Å². The summed E-state index contributed by atoms with van der Waals surface area (Å²) >= 11 is 0. The zero-order valence-corrected chi connectivity index (χ0v) is 8.31. The van der Waals surface area contributed by atoms with E-state index in [1.54, 1.807) is 24.3 Å². The van der Waals surface area contributed by atoms with Crippen LogP contribution in [0.1, 0.15) is 16.6 Å². The number of hydrogen-bond acceptors (Lipinski definition) is 0. The summed E-state index contributed by atoms with van der Waals surface area (Å²) in [5.74, 6) is 0. The molecular formula is C14H14. The lowest BCUT2D eigenvalue weighted by Gasteiger charge is -2.02. The minimum absolute atomic E-state index is 0.200. The number of aryl methyl sites for hydroxylation is 2. The van der Waals surface area contributed by atoms with E-state index in [0.29, 0.717) is 11.1 Å². The highest BCUT2D eigenvalue weighted by Gasteiger charge is 1.95. The molecule has 2 aromatic rings. The lowest BCUT2D eigenvalue weighted by Crippen LogP contribution is -1.78. The summed E-state index contributed by atoms with van der Waals surface area (Å²) in [6, 6.07) is 7.43. The van der Waals surface area contributed by atoms with Crippen LogP contribution in [0, 0.1) is 13.8 Å². The molecular weight excluding hydrogens is 168 g/mol. The molecule has 2 rings (SSSR count). The Morgan fingerprint density at radius 2 is 1.00 bits per heavy atom. The minimum Gasteiger partial charge on any atom is -0.0587 e. The molecule has 0 aliphatic rings. The van der Waals surface area contributed by atoms with Crippen molar-refractivity contribution >= 4 is 0 Å². The molecule has 0 saturated carbocycles. The Morgan fingerprint density at radius 1 is 0.714 bits per heavy atom. The first kappa shape index (κ1) is 5.35. The first-order chi connectivity index (χ1) is 8.40. The molecule has 0 unspecified atom stereocenters.